The molecule has 1 aliphatic carbocycles. The molecule has 194 valence electrons. The van der Waals surface area contributed by atoms with Gasteiger partial charge in [0.25, 0.3) is 0 Å². The third-order valence-electron chi connectivity index (χ3n) is 6.38. The van der Waals surface area contributed by atoms with E-state index >= 15 is 0 Å². The minimum Gasteiger partial charge on any atom is -0.444 e. The van der Waals surface area contributed by atoms with Crippen molar-refractivity contribution in [2.45, 2.75) is 58.1 Å². The second kappa shape index (κ2) is 10.1. The first-order valence-electron chi connectivity index (χ1n) is 12.6. The Hall–Kier alpha value is -3.46. The number of anilines is 3. The average Bonchev–Trinajstić information content (AvgIpc) is 3.69. The quantitative estimate of drug-likeness (QED) is 0.322. The second-order valence-electron chi connectivity index (χ2n) is 10.6. The van der Waals surface area contributed by atoms with Crippen molar-refractivity contribution >= 4 is 51.7 Å². The van der Waals surface area contributed by atoms with Crippen molar-refractivity contribution in [3.63, 3.8) is 0 Å². The normalized spacial score (nSPS) is 17.9. The van der Waals surface area contributed by atoms with Crippen molar-refractivity contribution in [1.29, 1.82) is 0 Å². The lowest BCUT2D eigenvalue weighted by atomic mass is 10.1. The van der Waals surface area contributed by atoms with Crippen molar-refractivity contribution < 1.29 is 14.3 Å². The number of halogens is 1. The Morgan fingerprint density at radius 2 is 1.89 bits per heavy atom. The summed E-state index contributed by atoms with van der Waals surface area (Å²) < 4.78 is 5.40. The van der Waals surface area contributed by atoms with Gasteiger partial charge >= 0.3 is 6.09 Å². The highest BCUT2D eigenvalue weighted by Crippen LogP contribution is 2.37. The summed E-state index contributed by atoms with van der Waals surface area (Å²) in [5.41, 5.74) is 2.51. The van der Waals surface area contributed by atoms with Crippen LogP contribution in [0.4, 0.5) is 22.0 Å². The van der Waals surface area contributed by atoms with Crippen LogP contribution in [0.5, 0.6) is 0 Å². The van der Waals surface area contributed by atoms with Gasteiger partial charge in [-0.2, -0.15) is 0 Å². The molecule has 0 bridgehead atoms. The summed E-state index contributed by atoms with van der Waals surface area (Å²) in [6.45, 7) is 7.05. The topological polar surface area (TPSA) is 109 Å². The van der Waals surface area contributed by atoms with Crippen LogP contribution in [0, 0.1) is 5.92 Å². The van der Waals surface area contributed by atoms with Crippen LogP contribution < -0.4 is 15.5 Å². The Morgan fingerprint density at radius 1 is 1.08 bits per heavy atom. The maximum Gasteiger partial charge on any atom is 0.407 e. The van der Waals surface area contributed by atoms with Gasteiger partial charge in [0, 0.05) is 31.2 Å². The van der Waals surface area contributed by atoms with E-state index in [4.69, 9.17) is 16.3 Å². The lowest BCUT2D eigenvalue weighted by Gasteiger charge is -2.34. The van der Waals surface area contributed by atoms with Gasteiger partial charge in [-0.3, -0.25) is 9.78 Å². The smallest absolute Gasteiger partial charge is 0.407 e. The van der Waals surface area contributed by atoms with Crippen LogP contribution in [0.25, 0.3) is 11.0 Å². The number of nitrogens with zero attached hydrogens (tertiary/aromatic N) is 4. The summed E-state index contributed by atoms with van der Waals surface area (Å²) in [7, 11) is 0. The number of hydrogen-bond donors (Lipinski definition) is 2. The molecule has 3 aromatic heterocycles. The number of nitrogens with one attached hydrogen (secondary N) is 2. The molecule has 3 aromatic rings. The predicted octanol–water partition coefficient (Wildman–Crippen LogP) is 5.51. The van der Waals surface area contributed by atoms with E-state index in [1.807, 2.05) is 32.9 Å². The fourth-order valence-corrected chi connectivity index (χ4v) is 4.64. The SMILES string of the molecule is CC(C)(C)OC(=O)N[C@@H]1CCCN(c2ccc(Nc3c(C(=O)C4CC4)cnc4ccc(Cl)nc34)cn2)C1. The maximum absolute atomic E-state index is 13.0. The van der Waals surface area contributed by atoms with Crippen LogP contribution in [0.15, 0.2) is 36.7 Å². The molecule has 4 heterocycles. The third-order valence-corrected chi connectivity index (χ3v) is 6.59. The van der Waals surface area contributed by atoms with Gasteiger partial charge in [0.2, 0.25) is 0 Å². The van der Waals surface area contributed by atoms with Gasteiger partial charge in [0.05, 0.1) is 28.7 Å². The number of alkyl carbamates (subject to hydrolysis) is 1. The Balaban J connectivity index is 1.33. The number of ether oxygens (including phenoxy) is 1. The number of fused-ring (bicyclic) bond motifs is 1. The monoisotopic (exact) mass is 522 g/mol. The molecule has 1 saturated heterocycles. The molecule has 10 heteroatoms. The molecule has 0 spiro atoms. The molecular formula is C27H31ClN6O3. The van der Waals surface area contributed by atoms with E-state index in [9.17, 15) is 9.59 Å². The molecule has 1 saturated carbocycles. The first kappa shape index (κ1) is 25.2. The van der Waals surface area contributed by atoms with Crippen LogP contribution in [0.1, 0.15) is 56.8 Å². The first-order valence-corrected chi connectivity index (χ1v) is 13.0. The number of Topliss-reactive ketones (excluding diaryl/α,β-unsaturated/α-hetero) is 1. The largest absolute Gasteiger partial charge is 0.444 e. The van der Waals surface area contributed by atoms with Gasteiger partial charge in [-0.1, -0.05) is 11.6 Å². The maximum atomic E-state index is 13.0. The van der Waals surface area contributed by atoms with E-state index < -0.39 is 11.7 Å². The molecule has 2 N–H and O–H groups in total. The van der Waals surface area contributed by atoms with E-state index in [1.165, 1.54) is 0 Å². The molecule has 5 rings (SSSR count). The molecule has 2 fully saturated rings. The lowest BCUT2D eigenvalue weighted by Crippen LogP contribution is -2.49. The Labute approximate surface area is 221 Å². The van der Waals surface area contributed by atoms with Gasteiger partial charge in [-0.05, 0) is 70.7 Å². The Bertz CT molecular complexity index is 1320. The molecule has 2 aliphatic rings. The van der Waals surface area contributed by atoms with E-state index in [-0.39, 0.29) is 17.7 Å². The van der Waals surface area contributed by atoms with Gasteiger partial charge in [-0.25, -0.2) is 14.8 Å². The van der Waals surface area contributed by atoms with Crippen molar-refractivity contribution in [3.05, 3.63) is 47.4 Å². The van der Waals surface area contributed by atoms with Crippen molar-refractivity contribution in [3.8, 4) is 0 Å². The number of amides is 1. The van der Waals surface area contributed by atoms with E-state index in [2.05, 4.69) is 30.5 Å². The molecule has 0 aromatic carbocycles. The molecule has 37 heavy (non-hydrogen) atoms. The van der Waals surface area contributed by atoms with Gasteiger partial charge in [-0.15, -0.1) is 0 Å². The summed E-state index contributed by atoms with van der Waals surface area (Å²) >= 11 is 6.18. The fourth-order valence-electron chi connectivity index (χ4n) is 4.49. The molecule has 1 amide bonds. The number of carbonyl (C=O) groups excluding carboxylic acids is 2. The third kappa shape index (κ3) is 6.10. The van der Waals surface area contributed by atoms with Gasteiger partial charge < -0.3 is 20.3 Å². The predicted molar refractivity (Wildman–Crippen MR) is 144 cm³/mol. The van der Waals surface area contributed by atoms with Crippen molar-refractivity contribution in [1.82, 2.24) is 20.3 Å². The van der Waals surface area contributed by atoms with Gasteiger partial charge in [0.1, 0.15) is 22.1 Å². The number of rotatable bonds is 6. The number of pyridine rings is 3. The Morgan fingerprint density at radius 3 is 2.59 bits per heavy atom. The minimum absolute atomic E-state index is 0.0156. The zero-order chi connectivity index (χ0) is 26.2. The highest BCUT2D eigenvalue weighted by atomic mass is 35.5. The zero-order valence-electron chi connectivity index (χ0n) is 21.3. The number of ketones is 1. The summed E-state index contributed by atoms with van der Waals surface area (Å²) in [6, 6.07) is 7.32. The molecule has 9 nitrogen and oxygen atoms in total. The highest BCUT2D eigenvalue weighted by Gasteiger charge is 2.33. The summed E-state index contributed by atoms with van der Waals surface area (Å²) in [6.07, 6.45) is 6.57. The average molecular weight is 523 g/mol. The van der Waals surface area contributed by atoms with E-state index in [1.54, 1.807) is 24.5 Å². The molecule has 1 atom stereocenters. The Kier molecular flexibility index (Phi) is 6.90. The first-order chi connectivity index (χ1) is 17.7. The molecule has 1 aliphatic heterocycles. The van der Waals surface area contributed by atoms with Gasteiger partial charge in [0.15, 0.2) is 5.78 Å². The second-order valence-corrected chi connectivity index (χ2v) is 11.0. The lowest BCUT2D eigenvalue weighted by molar-refractivity contribution is 0.0499. The fraction of sp³-hybridized carbons (Fsp3) is 0.444. The minimum atomic E-state index is -0.535. The summed E-state index contributed by atoms with van der Waals surface area (Å²) in [5.74, 6) is 0.928. The van der Waals surface area contributed by atoms with Crippen LogP contribution in [0.2, 0.25) is 5.15 Å². The number of piperidine rings is 1. The zero-order valence-corrected chi connectivity index (χ0v) is 22.0. The van der Waals surface area contributed by atoms with Crippen LogP contribution in [-0.4, -0.2) is 51.6 Å². The van der Waals surface area contributed by atoms with Crippen LogP contribution >= 0.6 is 11.6 Å². The van der Waals surface area contributed by atoms with Crippen molar-refractivity contribution in [2.24, 2.45) is 5.92 Å². The summed E-state index contributed by atoms with van der Waals surface area (Å²) in [5, 5.41) is 6.66. The number of aromatic nitrogens is 3. The molecular weight excluding hydrogens is 492 g/mol. The van der Waals surface area contributed by atoms with E-state index in [0.29, 0.717) is 34.0 Å². The number of carbonyl (C=O) groups is 2. The molecule has 0 unspecified atom stereocenters. The van der Waals surface area contributed by atoms with Crippen molar-refractivity contribution in [2.75, 3.05) is 23.3 Å². The molecule has 0 radical (unpaired) electrons. The van der Waals surface area contributed by atoms with Crippen LogP contribution in [0.3, 0.4) is 0 Å². The van der Waals surface area contributed by atoms with Crippen LogP contribution in [-0.2, 0) is 4.74 Å². The highest BCUT2D eigenvalue weighted by molar-refractivity contribution is 6.30. The number of hydrogen-bond acceptors (Lipinski definition) is 8. The summed E-state index contributed by atoms with van der Waals surface area (Å²) in [4.78, 5) is 40.9. The van der Waals surface area contributed by atoms with E-state index in [0.717, 1.165) is 43.7 Å². The standard InChI is InChI=1S/C27H31ClN6O3/c1-27(2,3)37-26(36)32-18-5-4-12-34(15-18)22-11-8-17(13-30-22)31-23-19(25(35)16-6-7-16)14-29-20-9-10-21(28)33-24(20)23/h8-11,13-14,16,18H,4-7,12,15H2,1-3H3,(H,29,31)(H,32,36)/t18-/m1/s1.